The van der Waals surface area contributed by atoms with Crippen LogP contribution in [0.4, 0.5) is 10.6 Å². The largest absolute Gasteiger partial charge is 0.395 e. The van der Waals surface area contributed by atoms with Crippen LogP contribution in [0.25, 0.3) is 22.4 Å². The van der Waals surface area contributed by atoms with Crippen LogP contribution < -0.4 is 10.6 Å². The first-order valence-corrected chi connectivity index (χ1v) is 7.11. The highest BCUT2D eigenvalue weighted by Crippen LogP contribution is 2.18. The van der Waals surface area contributed by atoms with Gasteiger partial charge in [-0.05, 0) is 12.1 Å². The molecular formula is C16H15N5O2. The summed E-state index contributed by atoms with van der Waals surface area (Å²) in [6.45, 7) is 0.0574. The number of aliphatic hydroxyl groups excluding tert-OH is 1. The SMILES string of the molecule is O=C(NCCO)Nc1ccc2ncc(-c3ccccc3)nc2n1. The Morgan fingerprint density at radius 1 is 1.09 bits per heavy atom. The summed E-state index contributed by atoms with van der Waals surface area (Å²) >= 11 is 0. The van der Waals surface area contributed by atoms with E-state index in [4.69, 9.17) is 5.11 Å². The molecule has 3 aromatic rings. The summed E-state index contributed by atoms with van der Waals surface area (Å²) in [4.78, 5) is 24.7. The molecular weight excluding hydrogens is 294 g/mol. The number of hydrogen-bond acceptors (Lipinski definition) is 5. The van der Waals surface area contributed by atoms with Crippen LogP contribution in [0.5, 0.6) is 0 Å². The lowest BCUT2D eigenvalue weighted by Crippen LogP contribution is -2.31. The van der Waals surface area contributed by atoms with Gasteiger partial charge in [-0.15, -0.1) is 0 Å². The molecule has 0 saturated heterocycles. The number of urea groups is 1. The van der Waals surface area contributed by atoms with E-state index in [1.54, 1.807) is 18.3 Å². The number of aliphatic hydroxyl groups is 1. The minimum Gasteiger partial charge on any atom is -0.395 e. The molecule has 0 spiro atoms. The monoisotopic (exact) mass is 309 g/mol. The number of amides is 2. The molecule has 0 atom stereocenters. The molecule has 0 aliphatic rings. The molecule has 0 unspecified atom stereocenters. The number of hydrogen-bond donors (Lipinski definition) is 3. The third-order valence-electron chi connectivity index (χ3n) is 3.12. The first-order chi connectivity index (χ1) is 11.3. The van der Waals surface area contributed by atoms with Crippen LogP contribution in [-0.2, 0) is 0 Å². The van der Waals surface area contributed by atoms with Gasteiger partial charge in [0.25, 0.3) is 0 Å². The van der Waals surface area contributed by atoms with Crippen molar-refractivity contribution < 1.29 is 9.90 Å². The molecule has 7 heteroatoms. The smallest absolute Gasteiger partial charge is 0.320 e. The van der Waals surface area contributed by atoms with Crippen LogP contribution in [0.3, 0.4) is 0 Å². The Kier molecular flexibility index (Phi) is 4.39. The zero-order valence-electron chi connectivity index (χ0n) is 12.2. The summed E-state index contributed by atoms with van der Waals surface area (Å²) < 4.78 is 0. The summed E-state index contributed by atoms with van der Waals surface area (Å²) in [7, 11) is 0. The van der Waals surface area contributed by atoms with E-state index in [-0.39, 0.29) is 13.2 Å². The molecule has 0 fully saturated rings. The molecule has 0 saturated carbocycles. The zero-order valence-corrected chi connectivity index (χ0v) is 12.2. The van der Waals surface area contributed by atoms with E-state index >= 15 is 0 Å². The van der Waals surface area contributed by atoms with Crippen molar-refractivity contribution in [2.45, 2.75) is 0 Å². The number of carbonyl (C=O) groups is 1. The quantitative estimate of drug-likeness (QED) is 0.682. The Balaban J connectivity index is 1.87. The maximum atomic E-state index is 11.6. The van der Waals surface area contributed by atoms with Crippen molar-refractivity contribution in [3.05, 3.63) is 48.7 Å². The second-order valence-electron chi connectivity index (χ2n) is 4.77. The summed E-state index contributed by atoms with van der Waals surface area (Å²) in [5.41, 5.74) is 2.76. The molecule has 2 amide bonds. The summed E-state index contributed by atoms with van der Waals surface area (Å²) in [5, 5.41) is 13.8. The lowest BCUT2D eigenvalue weighted by Gasteiger charge is -2.07. The molecule has 0 aliphatic heterocycles. The van der Waals surface area contributed by atoms with Gasteiger partial charge in [0.05, 0.1) is 18.5 Å². The van der Waals surface area contributed by atoms with Gasteiger partial charge in [0.2, 0.25) is 0 Å². The Morgan fingerprint density at radius 3 is 2.70 bits per heavy atom. The number of benzene rings is 1. The summed E-state index contributed by atoms with van der Waals surface area (Å²) in [5.74, 6) is 0.368. The van der Waals surface area contributed by atoms with E-state index in [0.717, 1.165) is 5.56 Å². The van der Waals surface area contributed by atoms with Crippen molar-refractivity contribution in [2.75, 3.05) is 18.5 Å². The van der Waals surface area contributed by atoms with Crippen molar-refractivity contribution in [2.24, 2.45) is 0 Å². The molecule has 1 aromatic carbocycles. The van der Waals surface area contributed by atoms with E-state index in [2.05, 4.69) is 25.6 Å². The number of aromatic nitrogens is 3. The van der Waals surface area contributed by atoms with Crippen molar-refractivity contribution >= 4 is 23.0 Å². The third kappa shape index (κ3) is 3.58. The molecule has 3 N–H and O–H groups in total. The maximum absolute atomic E-state index is 11.6. The molecule has 7 nitrogen and oxygen atoms in total. The molecule has 116 valence electrons. The number of carbonyl (C=O) groups excluding carboxylic acids is 1. The second kappa shape index (κ2) is 6.80. The van der Waals surface area contributed by atoms with Gasteiger partial charge >= 0.3 is 6.03 Å². The predicted octanol–water partition coefficient (Wildman–Crippen LogP) is 1.81. The number of pyridine rings is 1. The van der Waals surface area contributed by atoms with Gasteiger partial charge in [0, 0.05) is 12.1 Å². The van der Waals surface area contributed by atoms with Gasteiger partial charge < -0.3 is 10.4 Å². The minimum atomic E-state index is -0.432. The molecule has 0 bridgehead atoms. The molecule has 2 heterocycles. The molecule has 0 radical (unpaired) electrons. The highest BCUT2D eigenvalue weighted by molar-refractivity contribution is 5.89. The second-order valence-corrected chi connectivity index (χ2v) is 4.77. The van der Waals surface area contributed by atoms with Crippen molar-refractivity contribution in [3.63, 3.8) is 0 Å². The van der Waals surface area contributed by atoms with E-state index in [1.807, 2.05) is 30.3 Å². The van der Waals surface area contributed by atoms with Gasteiger partial charge in [-0.1, -0.05) is 30.3 Å². The number of nitrogens with zero attached hydrogens (tertiary/aromatic N) is 3. The lowest BCUT2D eigenvalue weighted by molar-refractivity contribution is 0.244. The Labute approximate surface area is 132 Å². The van der Waals surface area contributed by atoms with E-state index in [9.17, 15) is 4.79 Å². The fourth-order valence-corrected chi connectivity index (χ4v) is 2.05. The summed E-state index contributed by atoms with van der Waals surface area (Å²) in [6, 6.07) is 12.6. The van der Waals surface area contributed by atoms with Crippen LogP contribution in [0.1, 0.15) is 0 Å². The standard InChI is InChI=1S/C16H15N5O2/c22-9-8-17-16(23)21-14-7-6-12-15(20-14)19-13(10-18-12)11-4-2-1-3-5-11/h1-7,10,22H,8-9H2,(H2,17,19,20,21,23). The first kappa shape index (κ1) is 14.9. The maximum Gasteiger partial charge on any atom is 0.320 e. The number of nitrogens with one attached hydrogen (secondary N) is 2. The van der Waals surface area contributed by atoms with Gasteiger partial charge in [0.15, 0.2) is 5.65 Å². The van der Waals surface area contributed by atoms with Gasteiger partial charge in [-0.25, -0.2) is 14.8 Å². The van der Waals surface area contributed by atoms with Crippen LogP contribution in [-0.4, -0.2) is 39.2 Å². The third-order valence-corrected chi connectivity index (χ3v) is 3.12. The highest BCUT2D eigenvalue weighted by Gasteiger charge is 2.06. The average Bonchev–Trinajstić information content (AvgIpc) is 2.60. The number of anilines is 1. The summed E-state index contributed by atoms with van der Waals surface area (Å²) in [6.07, 6.45) is 1.69. The highest BCUT2D eigenvalue weighted by atomic mass is 16.3. The zero-order chi connectivity index (χ0) is 16.1. The fraction of sp³-hybridized carbons (Fsp3) is 0.125. The van der Waals surface area contributed by atoms with Crippen molar-refractivity contribution in [1.82, 2.24) is 20.3 Å². The van der Waals surface area contributed by atoms with E-state index < -0.39 is 6.03 Å². The molecule has 23 heavy (non-hydrogen) atoms. The average molecular weight is 309 g/mol. The Bertz CT molecular complexity index is 823. The van der Waals surface area contributed by atoms with Gasteiger partial charge in [0.1, 0.15) is 11.3 Å². The Morgan fingerprint density at radius 2 is 1.91 bits per heavy atom. The first-order valence-electron chi connectivity index (χ1n) is 7.11. The molecule has 0 aliphatic carbocycles. The molecule has 2 aromatic heterocycles. The van der Waals surface area contributed by atoms with Crippen LogP contribution in [0.2, 0.25) is 0 Å². The predicted molar refractivity (Wildman–Crippen MR) is 86.9 cm³/mol. The van der Waals surface area contributed by atoms with E-state index in [1.165, 1.54) is 0 Å². The minimum absolute atomic E-state index is 0.121. The fourth-order valence-electron chi connectivity index (χ4n) is 2.05. The van der Waals surface area contributed by atoms with Crippen LogP contribution in [0, 0.1) is 0 Å². The van der Waals surface area contributed by atoms with E-state index in [0.29, 0.717) is 22.7 Å². The molecule has 3 rings (SSSR count). The van der Waals surface area contributed by atoms with Crippen molar-refractivity contribution in [3.8, 4) is 11.3 Å². The van der Waals surface area contributed by atoms with Gasteiger partial charge in [-0.2, -0.15) is 0 Å². The van der Waals surface area contributed by atoms with Crippen molar-refractivity contribution in [1.29, 1.82) is 0 Å². The Hall–Kier alpha value is -3.06. The van der Waals surface area contributed by atoms with Gasteiger partial charge in [-0.3, -0.25) is 10.3 Å². The topological polar surface area (TPSA) is 100 Å². The number of fused-ring (bicyclic) bond motifs is 1. The van der Waals surface area contributed by atoms with Crippen LogP contribution in [0.15, 0.2) is 48.7 Å². The van der Waals surface area contributed by atoms with Crippen LogP contribution >= 0.6 is 0 Å². The lowest BCUT2D eigenvalue weighted by atomic mass is 10.2. The normalized spacial score (nSPS) is 10.5. The number of rotatable bonds is 4.